The summed E-state index contributed by atoms with van der Waals surface area (Å²) in [6, 6.07) is 12.6. The van der Waals surface area contributed by atoms with Crippen molar-refractivity contribution in [2.75, 3.05) is 58.5 Å². The lowest BCUT2D eigenvalue weighted by Crippen LogP contribution is -2.40. The van der Waals surface area contributed by atoms with Gasteiger partial charge in [-0.05, 0) is 29.8 Å². The quantitative estimate of drug-likeness (QED) is 0.714. The molecule has 0 saturated carbocycles. The van der Waals surface area contributed by atoms with Crippen LogP contribution in [0.3, 0.4) is 0 Å². The Kier molecular flexibility index (Phi) is 6.17. The van der Waals surface area contributed by atoms with Crippen molar-refractivity contribution in [3.63, 3.8) is 0 Å². The molecule has 166 valence electrons. The van der Waals surface area contributed by atoms with Crippen molar-refractivity contribution in [2.45, 2.75) is 11.4 Å². The number of likely N-dealkylation sites (N-methyl/N-ethyl adjacent to an activating group) is 1. The molecule has 8 nitrogen and oxygen atoms in total. The van der Waals surface area contributed by atoms with E-state index in [-0.39, 0.29) is 29.6 Å². The summed E-state index contributed by atoms with van der Waals surface area (Å²) in [4.78, 5) is 17.3. The molecule has 1 amide bonds. The van der Waals surface area contributed by atoms with Crippen LogP contribution >= 0.6 is 0 Å². The van der Waals surface area contributed by atoms with Gasteiger partial charge in [-0.1, -0.05) is 18.2 Å². The van der Waals surface area contributed by atoms with Gasteiger partial charge in [0.25, 0.3) is 5.91 Å². The minimum Gasteiger partial charge on any atom is -0.495 e. The molecule has 0 bridgehead atoms. The van der Waals surface area contributed by atoms with E-state index in [0.717, 1.165) is 11.3 Å². The first-order chi connectivity index (χ1) is 14.9. The van der Waals surface area contributed by atoms with Gasteiger partial charge in [0.15, 0.2) is 0 Å². The molecule has 0 radical (unpaired) electrons. The van der Waals surface area contributed by atoms with Crippen molar-refractivity contribution in [2.24, 2.45) is 0 Å². The summed E-state index contributed by atoms with van der Waals surface area (Å²) in [5.41, 5.74) is 2.49. The lowest BCUT2D eigenvalue weighted by molar-refractivity contribution is 0.0728. The van der Waals surface area contributed by atoms with Crippen LogP contribution in [0.1, 0.15) is 15.9 Å². The third kappa shape index (κ3) is 4.26. The van der Waals surface area contributed by atoms with E-state index < -0.39 is 10.0 Å². The second kappa shape index (κ2) is 8.86. The van der Waals surface area contributed by atoms with Crippen LogP contribution in [0, 0.1) is 0 Å². The number of anilines is 1. The number of hydrogen-bond acceptors (Lipinski definition) is 6. The number of amides is 1. The zero-order chi connectivity index (χ0) is 22.0. The monoisotopic (exact) mass is 445 g/mol. The standard InChI is InChI=1S/C22H27N3O5S/c1-23-9-10-24(16-18-5-3-4-6-19(18)23)22(26)17-7-8-20(29-2)21(15-17)31(27,28)25-11-13-30-14-12-25/h3-8,15H,9-14,16H2,1-2H3. The maximum Gasteiger partial charge on any atom is 0.254 e. The number of methoxy groups -OCH3 is 1. The summed E-state index contributed by atoms with van der Waals surface area (Å²) in [6.45, 7) is 2.95. The molecule has 2 heterocycles. The Balaban J connectivity index is 1.66. The highest BCUT2D eigenvalue weighted by Gasteiger charge is 2.31. The molecule has 2 aliphatic rings. The fourth-order valence-electron chi connectivity index (χ4n) is 3.99. The van der Waals surface area contributed by atoms with Gasteiger partial charge in [0.1, 0.15) is 10.6 Å². The molecular formula is C22H27N3O5S. The minimum absolute atomic E-state index is 0.00934. The van der Waals surface area contributed by atoms with Crippen LogP contribution in [0.25, 0.3) is 0 Å². The zero-order valence-electron chi connectivity index (χ0n) is 17.8. The SMILES string of the molecule is COc1ccc(C(=O)N2CCN(C)c3ccccc3C2)cc1S(=O)(=O)N1CCOCC1. The number of nitrogens with zero attached hydrogens (tertiary/aromatic N) is 3. The van der Waals surface area contributed by atoms with E-state index in [2.05, 4.69) is 4.90 Å². The molecule has 0 aliphatic carbocycles. The largest absolute Gasteiger partial charge is 0.495 e. The Morgan fingerprint density at radius 3 is 2.52 bits per heavy atom. The number of carbonyl (C=O) groups is 1. The number of ether oxygens (including phenoxy) is 2. The molecule has 1 fully saturated rings. The van der Waals surface area contributed by atoms with Crippen LogP contribution in [0.4, 0.5) is 5.69 Å². The predicted molar refractivity (Wildman–Crippen MR) is 117 cm³/mol. The van der Waals surface area contributed by atoms with Gasteiger partial charge in [-0.25, -0.2) is 8.42 Å². The summed E-state index contributed by atoms with van der Waals surface area (Å²) in [6.07, 6.45) is 0. The van der Waals surface area contributed by atoms with Gasteiger partial charge in [0.05, 0.1) is 20.3 Å². The van der Waals surface area contributed by atoms with Crippen LogP contribution in [-0.2, 0) is 21.3 Å². The first-order valence-corrected chi connectivity index (χ1v) is 11.7. The van der Waals surface area contributed by atoms with E-state index in [4.69, 9.17) is 9.47 Å². The van der Waals surface area contributed by atoms with Crippen LogP contribution in [0.5, 0.6) is 5.75 Å². The van der Waals surface area contributed by atoms with Gasteiger partial charge >= 0.3 is 0 Å². The van der Waals surface area contributed by atoms with Crippen molar-refractivity contribution in [3.05, 3.63) is 53.6 Å². The highest BCUT2D eigenvalue weighted by Crippen LogP contribution is 2.30. The number of hydrogen-bond donors (Lipinski definition) is 0. The van der Waals surface area contributed by atoms with Crippen molar-refractivity contribution in [3.8, 4) is 5.75 Å². The van der Waals surface area contributed by atoms with Crippen molar-refractivity contribution >= 4 is 21.6 Å². The van der Waals surface area contributed by atoms with E-state index in [1.54, 1.807) is 17.0 Å². The lowest BCUT2D eigenvalue weighted by atomic mass is 10.1. The average molecular weight is 446 g/mol. The van der Waals surface area contributed by atoms with Crippen molar-refractivity contribution < 1.29 is 22.7 Å². The smallest absolute Gasteiger partial charge is 0.254 e. The van der Waals surface area contributed by atoms with E-state index in [9.17, 15) is 13.2 Å². The molecule has 31 heavy (non-hydrogen) atoms. The first kappa shape index (κ1) is 21.6. The summed E-state index contributed by atoms with van der Waals surface area (Å²) >= 11 is 0. The van der Waals surface area contributed by atoms with Gasteiger partial charge < -0.3 is 19.3 Å². The highest BCUT2D eigenvalue weighted by molar-refractivity contribution is 7.89. The average Bonchev–Trinajstić information content (AvgIpc) is 2.98. The second-order valence-electron chi connectivity index (χ2n) is 7.66. The van der Waals surface area contributed by atoms with Gasteiger partial charge in [-0.3, -0.25) is 4.79 Å². The van der Waals surface area contributed by atoms with Crippen LogP contribution in [0.15, 0.2) is 47.4 Å². The van der Waals surface area contributed by atoms with Gasteiger partial charge in [-0.2, -0.15) is 4.31 Å². The number of para-hydroxylation sites is 1. The maximum absolute atomic E-state index is 13.4. The number of rotatable bonds is 4. The molecule has 0 atom stereocenters. The highest BCUT2D eigenvalue weighted by atomic mass is 32.2. The predicted octanol–water partition coefficient (Wildman–Crippen LogP) is 1.81. The molecule has 0 N–H and O–H groups in total. The fraction of sp³-hybridized carbons (Fsp3) is 0.409. The Hall–Kier alpha value is -2.62. The third-order valence-corrected chi connectivity index (χ3v) is 7.67. The van der Waals surface area contributed by atoms with Gasteiger partial charge in [-0.15, -0.1) is 0 Å². The topological polar surface area (TPSA) is 79.4 Å². The summed E-state index contributed by atoms with van der Waals surface area (Å²) in [5.74, 6) is 0.0233. The first-order valence-electron chi connectivity index (χ1n) is 10.3. The van der Waals surface area contributed by atoms with Crippen LogP contribution in [-0.4, -0.2) is 77.1 Å². The molecule has 0 unspecified atom stereocenters. The normalized spacial score (nSPS) is 17.7. The second-order valence-corrected chi connectivity index (χ2v) is 9.57. The Labute approximate surface area is 183 Å². The number of carbonyl (C=O) groups excluding carboxylic acids is 1. The van der Waals surface area contributed by atoms with Crippen LogP contribution in [0.2, 0.25) is 0 Å². The molecule has 2 aliphatic heterocycles. The number of benzene rings is 2. The molecular weight excluding hydrogens is 418 g/mol. The zero-order valence-corrected chi connectivity index (χ0v) is 18.6. The maximum atomic E-state index is 13.4. The Bertz CT molecular complexity index is 1070. The summed E-state index contributed by atoms with van der Waals surface area (Å²) in [5, 5.41) is 0. The van der Waals surface area contributed by atoms with E-state index in [1.165, 1.54) is 17.5 Å². The molecule has 9 heteroatoms. The lowest BCUT2D eigenvalue weighted by Gasteiger charge is -2.27. The number of morpholine rings is 1. The molecule has 4 rings (SSSR count). The van der Waals surface area contributed by atoms with E-state index in [1.807, 2.05) is 31.3 Å². The third-order valence-electron chi connectivity index (χ3n) is 5.76. The van der Waals surface area contributed by atoms with Crippen molar-refractivity contribution in [1.82, 2.24) is 9.21 Å². The fourth-order valence-corrected chi connectivity index (χ4v) is 5.58. The van der Waals surface area contributed by atoms with Gasteiger partial charge in [0.2, 0.25) is 10.0 Å². The van der Waals surface area contributed by atoms with Crippen LogP contribution < -0.4 is 9.64 Å². The molecule has 2 aromatic rings. The molecule has 2 aromatic carbocycles. The molecule has 0 aromatic heterocycles. The Morgan fingerprint density at radius 1 is 1.03 bits per heavy atom. The summed E-state index contributed by atoms with van der Waals surface area (Å²) in [7, 11) is -0.372. The number of fused-ring (bicyclic) bond motifs is 1. The van der Waals surface area contributed by atoms with E-state index in [0.29, 0.717) is 38.4 Å². The van der Waals surface area contributed by atoms with E-state index >= 15 is 0 Å². The molecule has 1 saturated heterocycles. The van der Waals surface area contributed by atoms with Gasteiger partial charge in [0, 0.05) is 51.0 Å². The Morgan fingerprint density at radius 2 is 1.77 bits per heavy atom. The summed E-state index contributed by atoms with van der Waals surface area (Å²) < 4.78 is 38.4. The molecule has 0 spiro atoms. The minimum atomic E-state index is -3.81. The van der Waals surface area contributed by atoms with Crippen molar-refractivity contribution in [1.29, 1.82) is 0 Å². The number of sulfonamides is 1.